The van der Waals surface area contributed by atoms with Crippen molar-refractivity contribution in [2.75, 3.05) is 25.0 Å². The monoisotopic (exact) mass is 343 g/mol. The van der Waals surface area contributed by atoms with Crippen molar-refractivity contribution in [3.63, 3.8) is 0 Å². The zero-order valence-corrected chi connectivity index (χ0v) is 14.6. The number of piperidine rings is 1. The normalized spacial score (nSPS) is 18.4. The number of rotatable bonds is 6. The molecule has 1 amide bonds. The minimum absolute atomic E-state index is 0.0982. The van der Waals surface area contributed by atoms with E-state index in [1.807, 2.05) is 23.1 Å². The molecular formula is C19H25N3O3. The number of nitrogens with one attached hydrogen (secondary N) is 1. The van der Waals surface area contributed by atoms with Gasteiger partial charge in [0.15, 0.2) is 0 Å². The lowest BCUT2D eigenvalue weighted by Gasteiger charge is -2.29. The van der Waals surface area contributed by atoms with Crippen molar-refractivity contribution in [1.29, 1.82) is 0 Å². The summed E-state index contributed by atoms with van der Waals surface area (Å²) in [5, 5.41) is 13.2. The van der Waals surface area contributed by atoms with E-state index in [1.165, 1.54) is 0 Å². The third kappa shape index (κ3) is 4.20. The third-order valence-corrected chi connectivity index (χ3v) is 4.74. The predicted molar refractivity (Wildman–Crippen MR) is 97.7 cm³/mol. The number of hydrogen-bond acceptors (Lipinski definition) is 3. The van der Waals surface area contributed by atoms with Crippen LogP contribution in [-0.2, 0) is 16.1 Å². The standard InChI is InChI=1S/C19H25N3O3/c1-2-8-22-10-7-14-5-6-16(11-17(14)22)20-18(23)13-21-9-3-4-15(12-21)19(24)25/h5-7,10-11,15H,2-4,8-9,12-13H2,1H3,(H,20,23)(H,24,25). The molecule has 0 saturated carbocycles. The number of carboxylic acids is 1. The molecular weight excluding hydrogens is 318 g/mol. The fourth-order valence-corrected chi connectivity index (χ4v) is 3.50. The molecule has 1 aliphatic rings. The van der Waals surface area contributed by atoms with Crippen molar-refractivity contribution in [3.8, 4) is 0 Å². The first kappa shape index (κ1) is 17.5. The minimum atomic E-state index is -0.771. The molecule has 6 heteroatoms. The third-order valence-electron chi connectivity index (χ3n) is 4.74. The van der Waals surface area contributed by atoms with E-state index in [2.05, 4.69) is 29.1 Å². The summed E-state index contributed by atoms with van der Waals surface area (Å²) in [5.74, 6) is -1.23. The molecule has 2 N–H and O–H groups in total. The van der Waals surface area contributed by atoms with Crippen molar-refractivity contribution in [2.45, 2.75) is 32.7 Å². The highest BCUT2D eigenvalue weighted by atomic mass is 16.4. The number of amides is 1. The molecule has 1 atom stereocenters. The molecule has 1 aromatic heterocycles. The van der Waals surface area contributed by atoms with Crippen LogP contribution in [0.15, 0.2) is 30.5 Å². The molecule has 0 aliphatic carbocycles. The highest BCUT2D eigenvalue weighted by Crippen LogP contribution is 2.21. The molecule has 1 aliphatic heterocycles. The lowest BCUT2D eigenvalue weighted by molar-refractivity contribution is -0.144. The summed E-state index contributed by atoms with van der Waals surface area (Å²) < 4.78 is 2.19. The van der Waals surface area contributed by atoms with E-state index in [-0.39, 0.29) is 18.4 Å². The maximum Gasteiger partial charge on any atom is 0.307 e. The molecule has 25 heavy (non-hydrogen) atoms. The first-order valence-electron chi connectivity index (χ1n) is 8.90. The maximum atomic E-state index is 12.3. The van der Waals surface area contributed by atoms with Crippen LogP contribution in [-0.4, -0.2) is 46.1 Å². The Balaban J connectivity index is 1.63. The van der Waals surface area contributed by atoms with Gasteiger partial charge in [-0.3, -0.25) is 14.5 Å². The second-order valence-electron chi connectivity index (χ2n) is 6.74. The molecule has 1 saturated heterocycles. The van der Waals surface area contributed by atoms with Crippen LogP contribution in [0.3, 0.4) is 0 Å². The second kappa shape index (κ2) is 7.70. The number of hydrogen-bond donors (Lipinski definition) is 2. The molecule has 2 aromatic rings. The van der Waals surface area contributed by atoms with Gasteiger partial charge >= 0.3 is 5.97 Å². The second-order valence-corrected chi connectivity index (χ2v) is 6.74. The fraction of sp³-hybridized carbons (Fsp3) is 0.474. The van der Waals surface area contributed by atoms with E-state index in [9.17, 15) is 9.59 Å². The Morgan fingerprint density at radius 2 is 2.16 bits per heavy atom. The number of carboxylic acid groups (broad SMARTS) is 1. The Labute approximate surface area is 147 Å². The molecule has 1 unspecified atom stereocenters. The highest BCUT2D eigenvalue weighted by Gasteiger charge is 2.26. The summed E-state index contributed by atoms with van der Waals surface area (Å²) in [6, 6.07) is 8.00. The van der Waals surface area contributed by atoms with Gasteiger partial charge in [0.25, 0.3) is 0 Å². The Kier molecular flexibility index (Phi) is 5.38. The van der Waals surface area contributed by atoms with E-state index in [4.69, 9.17) is 5.11 Å². The molecule has 6 nitrogen and oxygen atoms in total. The Morgan fingerprint density at radius 1 is 1.32 bits per heavy atom. The number of likely N-dealkylation sites (tertiary alicyclic amines) is 1. The van der Waals surface area contributed by atoms with Crippen molar-refractivity contribution in [2.24, 2.45) is 5.92 Å². The number of aromatic nitrogens is 1. The van der Waals surface area contributed by atoms with Gasteiger partial charge in [-0.2, -0.15) is 0 Å². The van der Waals surface area contributed by atoms with Gasteiger partial charge in [-0.1, -0.05) is 13.0 Å². The topological polar surface area (TPSA) is 74.6 Å². The molecule has 1 aromatic carbocycles. The molecule has 0 bridgehead atoms. The predicted octanol–water partition coefficient (Wildman–Crippen LogP) is 2.79. The van der Waals surface area contributed by atoms with Crippen LogP contribution >= 0.6 is 0 Å². The Morgan fingerprint density at radius 3 is 2.92 bits per heavy atom. The first-order chi connectivity index (χ1) is 12.1. The van der Waals surface area contributed by atoms with E-state index in [1.54, 1.807) is 0 Å². The van der Waals surface area contributed by atoms with Crippen LogP contribution in [0.4, 0.5) is 5.69 Å². The van der Waals surface area contributed by atoms with Crippen molar-refractivity contribution in [3.05, 3.63) is 30.5 Å². The number of carbonyl (C=O) groups is 2. The lowest BCUT2D eigenvalue weighted by Crippen LogP contribution is -2.42. The van der Waals surface area contributed by atoms with Gasteiger partial charge in [-0.05, 0) is 49.4 Å². The van der Waals surface area contributed by atoms with Crippen molar-refractivity contribution >= 4 is 28.5 Å². The van der Waals surface area contributed by atoms with Crippen LogP contribution in [0.5, 0.6) is 0 Å². The van der Waals surface area contributed by atoms with Gasteiger partial charge in [0, 0.05) is 25.0 Å². The number of anilines is 1. The van der Waals surface area contributed by atoms with Gasteiger partial charge < -0.3 is 15.0 Å². The minimum Gasteiger partial charge on any atom is -0.481 e. The summed E-state index contributed by atoms with van der Waals surface area (Å²) in [5.41, 5.74) is 1.89. The summed E-state index contributed by atoms with van der Waals surface area (Å²) >= 11 is 0. The van der Waals surface area contributed by atoms with Crippen LogP contribution in [0, 0.1) is 5.92 Å². The number of nitrogens with zero attached hydrogens (tertiary/aromatic N) is 2. The summed E-state index contributed by atoms with van der Waals surface area (Å²) in [7, 11) is 0. The Hall–Kier alpha value is -2.34. The van der Waals surface area contributed by atoms with Gasteiger partial charge in [-0.25, -0.2) is 0 Å². The number of carbonyl (C=O) groups excluding carboxylic acids is 1. The summed E-state index contributed by atoms with van der Waals surface area (Å²) in [6.07, 6.45) is 4.64. The average Bonchev–Trinajstić information content (AvgIpc) is 2.98. The first-order valence-corrected chi connectivity index (χ1v) is 8.90. The van der Waals surface area contributed by atoms with E-state index in [0.29, 0.717) is 13.0 Å². The van der Waals surface area contributed by atoms with Crippen LogP contribution in [0.1, 0.15) is 26.2 Å². The lowest BCUT2D eigenvalue weighted by atomic mass is 9.98. The van der Waals surface area contributed by atoms with Gasteiger partial charge in [0.1, 0.15) is 0 Å². The van der Waals surface area contributed by atoms with Gasteiger partial charge in [-0.15, -0.1) is 0 Å². The van der Waals surface area contributed by atoms with Gasteiger partial charge in [0.05, 0.1) is 18.0 Å². The van der Waals surface area contributed by atoms with Crippen LogP contribution < -0.4 is 5.32 Å². The summed E-state index contributed by atoms with van der Waals surface area (Å²) in [6.45, 7) is 4.54. The van der Waals surface area contributed by atoms with Crippen LogP contribution in [0.25, 0.3) is 10.9 Å². The zero-order valence-electron chi connectivity index (χ0n) is 14.6. The van der Waals surface area contributed by atoms with Crippen molar-refractivity contribution in [1.82, 2.24) is 9.47 Å². The quantitative estimate of drug-likeness (QED) is 0.846. The molecule has 2 heterocycles. The van der Waals surface area contributed by atoms with E-state index >= 15 is 0 Å². The highest BCUT2D eigenvalue weighted by molar-refractivity contribution is 5.95. The molecule has 3 rings (SSSR count). The van der Waals surface area contributed by atoms with Gasteiger partial charge in [0.2, 0.25) is 5.91 Å². The van der Waals surface area contributed by atoms with E-state index in [0.717, 1.165) is 42.5 Å². The van der Waals surface area contributed by atoms with Crippen molar-refractivity contribution < 1.29 is 14.7 Å². The number of fused-ring (bicyclic) bond motifs is 1. The largest absolute Gasteiger partial charge is 0.481 e. The van der Waals surface area contributed by atoms with E-state index < -0.39 is 5.97 Å². The molecule has 0 spiro atoms. The smallest absolute Gasteiger partial charge is 0.307 e. The molecule has 134 valence electrons. The SMILES string of the molecule is CCCn1ccc2ccc(NC(=O)CN3CCCC(C(=O)O)C3)cc21. The number of benzene rings is 1. The summed E-state index contributed by atoms with van der Waals surface area (Å²) in [4.78, 5) is 25.4. The Bertz CT molecular complexity index is 768. The number of aliphatic carboxylic acids is 1. The molecule has 0 radical (unpaired) electrons. The van der Waals surface area contributed by atoms with Crippen LogP contribution in [0.2, 0.25) is 0 Å². The number of aryl methyl sites for hydroxylation is 1. The maximum absolute atomic E-state index is 12.3. The fourth-order valence-electron chi connectivity index (χ4n) is 3.50. The average molecular weight is 343 g/mol. The molecule has 1 fully saturated rings. The zero-order chi connectivity index (χ0) is 17.8.